The Labute approximate surface area is 103 Å². The second-order valence-electron chi connectivity index (χ2n) is 3.65. The lowest BCUT2D eigenvalue weighted by Crippen LogP contribution is -2.06. The summed E-state index contributed by atoms with van der Waals surface area (Å²) in [6.45, 7) is 2.93. The summed E-state index contributed by atoms with van der Waals surface area (Å²) < 4.78 is 15.4. The van der Waals surface area contributed by atoms with E-state index in [1.807, 2.05) is 10.8 Å². The number of imidazole rings is 1. The smallest absolute Gasteiger partial charge is 0.222 e. The Bertz CT molecular complexity index is 512. The van der Waals surface area contributed by atoms with Crippen molar-refractivity contribution in [2.75, 3.05) is 0 Å². The van der Waals surface area contributed by atoms with Crippen molar-refractivity contribution < 1.29 is 4.39 Å². The maximum absolute atomic E-state index is 13.5. The van der Waals surface area contributed by atoms with Gasteiger partial charge in [0.15, 0.2) is 5.82 Å². The molecule has 0 radical (unpaired) electrons. The van der Waals surface area contributed by atoms with Crippen molar-refractivity contribution in [1.29, 1.82) is 0 Å². The molecular weight excluding hydrogens is 243 g/mol. The quantitative estimate of drug-likeness (QED) is 0.788. The lowest BCUT2D eigenvalue weighted by atomic mass is 10.2. The average molecular weight is 255 g/mol. The molecule has 0 atom stereocenters. The third kappa shape index (κ3) is 2.79. The van der Waals surface area contributed by atoms with Gasteiger partial charge < -0.3 is 4.57 Å². The third-order valence-electron chi connectivity index (χ3n) is 2.38. The SMILES string of the molecule is CCCn1ccnc1Cc1nc(Cl)ncc1F. The number of nitrogens with zero attached hydrogens (tertiary/aromatic N) is 4. The van der Waals surface area contributed by atoms with Gasteiger partial charge in [0.1, 0.15) is 5.82 Å². The van der Waals surface area contributed by atoms with Crippen LogP contribution < -0.4 is 0 Å². The van der Waals surface area contributed by atoms with Crippen LogP contribution in [0.3, 0.4) is 0 Å². The Morgan fingerprint density at radius 3 is 3.00 bits per heavy atom. The van der Waals surface area contributed by atoms with Crippen LogP contribution in [-0.2, 0) is 13.0 Å². The van der Waals surface area contributed by atoms with Crippen LogP contribution in [0.1, 0.15) is 24.9 Å². The summed E-state index contributed by atoms with van der Waals surface area (Å²) in [5, 5.41) is 0.0509. The molecule has 4 nitrogen and oxygen atoms in total. The summed E-state index contributed by atoms with van der Waals surface area (Å²) in [5.74, 6) is 0.320. The highest BCUT2D eigenvalue weighted by atomic mass is 35.5. The predicted octanol–water partition coefficient (Wildman–Crippen LogP) is 2.47. The normalized spacial score (nSPS) is 10.8. The zero-order valence-corrected chi connectivity index (χ0v) is 10.2. The highest BCUT2D eigenvalue weighted by molar-refractivity contribution is 6.28. The number of hydrogen-bond acceptors (Lipinski definition) is 3. The maximum Gasteiger partial charge on any atom is 0.222 e. The predicted molar refractivity (Wildman–Crippen MR) is 62.3 cm³/mol. The molecule has 0 aliphatic heterocycles. The first-order valence-corrected chi connectivity index (χ1v) is 5.75. The van der Waals surface area contributed by atoms with Gasteiger partial charge in [-0.25, -0.2) is 19.3 Å². The molecule has 0 unspecified atom stereocenters. The van der Waals surface area contributed by atoms with Gasteiger partial charge in [0.05, 0.1) is 18.3 Å². The topological polar surface area (TPSA) is 43.6 Å². The monoisotopic (exact) mass is 254 g/mol. The molecule has 6 heteroatoms. The molecule has 0 aliphatic carbocycles. The summed E-state index contributed by atoms with van der Waals surface area (Å²) >= 11 is 5.64. The van der Waals surface area contributed by atoms with Gasteiger partial charge in [0.2, 0.25) is 5.28 Å². The van der Waals surface area contributed by atoms with Crippen LogP contribution >= 0.6 is 11.6 Å². The minimum absolute atomic E-state index is 0.0509. The van der Waals surface area contributed by atoms with Gasteiger partial charge in [-0.2, -0.15) is 0 Å². The zero-order valence-electron chi connectivity index (χ0n) is 9.40. The minimum Gasteiger partial charge on any atom is -0.335 e. The van der Waals surface area contributed by atoms with E-state index >= 15 is 0 Å². The van der Waals surface area contributed by atoms with E-state index in [0.717, 1.165) is 25.0 Å². The van der Waals surface area contributed by atoms with E-state index in [-0.39, 0.29) is 11.0 Å². The number of halogens is 2. The second-order valence-corrected chi connectivity index (χ2v) is 3.99. The standard InChI is InChI=1S/C11H12ClFN4/c1-2-4-17-5-3-14-10(17)6-9-8(13)7-15-11(12)16-9/h3,5,7H,2,4,6H2,1H3. The summed E-state index contributed by atoms with van der Waals surface area (Å²) in [6, 6.07) is 0. The number of hydrogen-bond donors (Lipinski definition) is 0. The van der Waals surface area contributed by atoms with E-state index in [1.165, 1.54) is 0 Å². The van der Waals surface area contributed by atoms with Crippen molar-refractivity contribution in [3.63, 3.8) is 0 Å². The van der Waals surface area contributed by atoms with Crippen molar-refractivity contribution >= 4 is 11.6 Å². The molecular formula is C11H12ClFN4. The summed E-state index contributed by atoms with van der Waals surface area (Å²) in [6.07, 6.45) is 5.97. The van der Waals surface area contributed by atoms with Crippen molar-refractivity contribution in [2.45, 2.75) is 26.3 Å². The van der Waals surface area contributed by atoms with Gasteiger partial charge in [-0.15, -0.1) is 0 Å². The van der Waals surface area contributed by atoms with E-state index in [9.17, 15) is 4.39 Å². The van der Waals surface area contributed by atoms with Crippen molar-refractivity contribution in [2.24, 2.45) is 0 Å². The summed E-state index contributed by atoms with van der Waals surface area (Å²) in [4.78, 5) is 11.6. The van der Waals surface area contributed by atoms with Gasteiger partial charge in [-0.3, -0.25) is 0 Å². The largest absolute Gasteiger partial charge is 0.335 e. The molecule has 0 saturated carbocycles. The minimum atomic E-state index is -0.458. The fourth-order valence-corrected chi connectivity index (χ4v) is 1.75. The Morgan fingerprint density at radius 1 is 1.41 bits per heavy atom. The number of rotatable bonds is 4. The molecule has 2 aromatic rings. The van der Waals surface area contributed by atoms with Gasteiger partial charge in [-0.1, -0.05) is 6.92 Å². The Balaban J connectivity index is 2.25. The van der Waals surface area contributed by atoms with Crippen LogP contribution in [0.2, 0.25) is 5.28 Å². The molecule has 0 bridgehead atoms. The molecule has 90 valence electrons. The maximum atomic E-state index is 13.5. The average Bonchev–Trinajstić information content (AvgIpc) is 2.72. The molecule has 17 heavy (non-hydrogen) atoms. The van der Waals surface area contributed by atoms with Crippen molar-refractivity contribution in [1.82, 2.24) is 19.5 Å². The van der Waals surface area contributed by atoms with E-state index < -0.39 is 5.82 Å². The molecule has 0 N–H and O–H groups in total. The lowest BCUT2D eigenvalue weighted by molar-refractivity contribution is 0.585. The second kappa shape index (κ2) is 5.23. The summed E-state index contributed by atoms with van der Waals surface area (Å²) in [7, 11) is 0. The molecule has 0 spiro atoms. The molecule has 0 aromatic carbocycles. The first kappa shape index (κ1) is 12.0. The van der Waals surface area contributed by atoms with Crippen molar-refractivity contribution in [3.8, 4) is 0 Å². The van der Waals surface area contributed by atoms with Crippen LogP contribution in [-0.4, -0.2) is 19.5 Å². The molecule has 2 heterocycles. The Kier molecular flexibility index (Phi) is 3.68. The first-order chi connectivity index (χ1) is 8.20. The van der Waals surface area contributed by atoms with Crippen LogP contribution in [0.25, 0.3) is 0 Å². The number of aryl methyl sites for hydroxylation is 1. The highest BCUT2D eigenvalue weighted by Gasteiger charge is 2.10. The summed E-state index contributed by atoms with van der Waals surface area (Å²) in [5.41, 5.74) is 0.272. The molecule has 2 aromatic heterocycles. The Morgan fingerprint density at radius 2 is 2.24 bits per heavy atom. The van der Waals surface area contributed by atoms with E-state index in [4.69, 9.17) is 11.6 Å². The van der Waals surface area contributed by atoms with Gasteiger partial charge in [-0.05, 0) is 18.0 Å². The third-order valence-corrected chi connectivity index (χ3v) is 2.56. The molecule has 0 aliphatic rings. The van der Waals surface area contributed by atoms with Crippen molar-refractivity contribution in [3.05, 3.63) is 41.2 Å². The fourth-order valence-electron chi connectivity index (χ4n) is 1.60. The Hall–Kier alpha value is -1.49. The van der Waals surface area contributed by atoms with Gasteiger partial charge in [0, 0.05) is 18.9 Å². The lowest BCUT2D eigenvalue weighted by Gasteiger charge is -2.06. The molecule has 2 rings (SSSR count). The van der Waals surface area contributed by atoms with Gasteiger partial charge in [0.25, 0.3) is 0 Å². The van der Waals surface area contributed by atoms with Crippen LogP contribution in [0, 0.1) is 5.82 Å². The zero-order chi connectivity index (χ0) is 12.3. The molecule has 0 amide bonds. The van der Waals surface area contributed by atoms with Gasteiger partial charge >= 0.3 is 0 Å². The van der Waals surface area contributed by atoms with E-state index in [0.29, 0.717) is 6.42 Å². The van der Waals surface area contributed by atoms with Crippen LogP contribution in [0.4, 0.5) is 4.39 Å². The highest BCUT2D eigenvalue weighted by Crippen LogP contribution is 2.12. The van der Waals surface area contributed by atoms with E-state index in [1.54, 1.807) is 6.20 Å². The number of aromatic nitrogens is 4. The fraction of sp³-hybridized carbons (Fsp3) is 0.364. The molecule has 0 saturated heterocycles. The molecule has 0 fully saturated rings. The van der Waals surface area contributed by atoms with E-state index in [2.05, 4.69) is 21.9 Å². The van der Waals surface area contributed by atoms with Crippen LogP contribution in [0.5, 0.6) is 0 Å². The first-order valence-electron chi connectivity index (χ1n) is 5.37. The van der Waals surface area contributed by atoms with Crippen LogP contribution in [0.15, 0.2) is 18.6 Å².